The van der Waals surface area contributed by atoms with E-state index in [9.17, 15) is 19.3 Å². The lowest BCUT2D eigenvalue weighted by atomic mass is 10.2. The predicted molar refractivity (Wildman–Crippen MR) is 81.2 cm³/mol. The second-order valence-electron chi connectivity index (χ2n) is 4.67. The van der Waals surface area contributed by atoms with E-state index in [1.54, 1.807) is 6.92 Å². The number of amides is 1. The van der Waals surface area contributed by atoms with Crippen LogP contribution in [0.4, 0.5) is 21.5 Å². The number of anilines is 2. The summed E-state index contributed by atoms with van der Waals surface area (Å²) in [6.45, 7) is 1.66. The zero-order valence-electron chi connectivity index (χ0n) is 11.7. The van der Waals surface area contributed by atoms with Gasteiger partial charge in [0.05, 0.1) is 4.92 Å². The first kappa shape index (κ1) is 15.4. The Morgan fingerprint density at radius 1 is 1.09 bits per heavy atom. The molecule has 0 saturated carbocycles. The van der Waals surface area contributed by atoms with Crippen molar-refractivity contribution in [1.29, 1.82) is 0 Å². The fraction of sp³-hybridized carbons (Fsp3) is 0.133. The molecule has 0 aromatic heterocycles. The second-order valence-corrected chi connectivity index (χ2v) is 4.67. The van der Waals surface area contributed by atoms with Gasteiger partial charge < -0.3 is 10.6 Å². The van der Waals surface area contributed by atoms with E-state index < -0.39 is 11.0 Å². The van der Waals surface area contributed by atoms with Crippen molar-refractivity contribution in [3.05, 3.63) is 64.5 Å². The van der Waals surface area contributed by atoms with Gasteiger partial charge in [0.15, 0.2) is 0 Å². The Kier molecular flexibility index (Phi) is 4.67. The van der Waals surface area contributed by atoms with E-state index >= 15 is 0 Å². The molecule has 0 aliphatic rings. The zero-order chi connectivity index (χ0) is 16.1. The van der Waals surface area contributed by atoms with Crippen molar-refractivity contribution in [2.75, 3.05) is 10.6 Å². The Labute approximate surface area is 126 Å². The van der Waals surface area contributed by atoms with Gasteiger partial charge in [-0.3, -0.25) is 14.9 Å². The number of non-ortho nitro benzene ring substituents is 1. The Morgan fingerprint density at radius 3 is 2.18 bits per heavy atom. The first-order chi connectivity index (χ1) is 10.5. The zero-order valence-corrected chi connectivity index (χ0v) is 11.7. The van der Waals surface area contributed by atoms with E-state index in [1.807, 2.05) is 0 Å². The third kappa shape index (κ3) is 4.02. The Hall–Kier alpha value is -2.96. The fourth-order valence-electron chi connectivity index (χ4n) is 1.78. The number of nitro benzene ring substituents is 1. The van der Waals surface area contributed by atoms with Crippen LogP contribution in [0.5, 0.6) is 0 Å². The summed E-state index contributed by atoms with van der Waals surface area (Å²) >= 11 is 0. The van der Waals surface area contributed by atoms with Crippen LogP contribution in [0.2, 0.25) is 0 Å². The average Bonchev–Trinajstić information content (AvgIpc) is 2.50. The van der Waals surface area contributed by atoms with Gasteiger partial charge in [-0.15, -0.1) is 0 Å². The predicted octanol–water partition coefficient (Wildman–Crippen LogP) is 3.17. The molecule has 7 heteroatoms. The molecular weight excluding hydrogens is 289 g/mol. The summed E-state index contributed by atoms with van der Waals surface area (Å²) < 4.78 is 12.8. The van der Waals surface area contributed by atoms with Gasteiger partial charge in [-0.25, -0.2) is 4.39 Å². The highest BCUT2D eigenvalue weighted by molar-refractivity contribution is 5.96. The average molecular weight is 303 g/mol. The first-order valence-corrected chi connectivity index (χ1v) is 6.53. The maximum absolute atomic E-state index is 12.8. The van der Waals surface area contributed by atoms with Crippen LogP contribution < -0.4 is 10.6 Å². The molecule has 2 aromatic rings. The summed E-state index contributed by atoms with van der Waals surface area (Å²) in [6, 6.07) is 10.6. The van der Waals surface area contributed by atoms with Crippen molar-refractivity contribution in [1.82, 2.24) is 0 Å². The summed E-state index contributed by atoms with van der Waals surface area (Å²) in [5, 5.41) is 16.1. The molecule has 0 radical (unpaired) electrons. The van der Waals surface area contributed by atoms with Crippen LogP contribution in [-0.2, 0) is 4.79 Å². The van der Waals surface area contributed by atoms with Crippen LogP contribution in [0, 0.1) is 15.9 Å². The maximum Gasteiger partial charge on any atom is 0.269 e. The molecular formula is C15H14FN3O3. The van der Waals surface area contributed by atoms with Crippen LogP contribution in [0.15, 0.2) is 48.5 Å². The van der Waals surface area contributed by atoms with E-state index in [0.717, 1.165) is 0 Å². The molecule has 0 aliphatic heterocycles. The monoisotopic (exact) mass is 303 g/mol. The number of nitro groups is 1. The van der Waals surface area contributed by atoms with Crippen LogP contribution in [0.25, 0.3) is 0 Å². The lowest BCUT2D eigenvalue weighted by molar-refractivity contribution is -0.384. The Morgan fingerprint density at radius 2 is 1.64 bits per heavy atom. The van der Waals surface area contributed by atoms with Gasteiger partial charge in [-0.05, 0) is 43.3 Å². The minimum atomic E-state index is -0.555. The van der Waals surface area contributed by atoms with Crippen molar-refractivity contribution in [3.63, 3.8) is 0 Å². The molecule has 6 nitrogen and oxygen atoms in total. The molecule has 114 valence electrons. The summed E-state index contributed by atoms with van der Waals surface area (Å²) in [6.07, 6.45) is 0. The topological polar surface area (TPSA) is 84.3 Å². The van der Waals surface area contributed by atoms with Crippen LogP contribution in [0.1, 0.15) is 6.92 Å². The molecule has 0 spiro atoms. The molecule has 2 rings (SSSR count). The standard InChI is InChI=1S/C15H14FN3O3/c1-10(17-12-4-2-11(16)3-5-12)15(20)18-13-6-8-14(9-7-13)19(21)22/h2-10,17H,1H3,(H,18,20). The van der Waals surface area contributed by atoms with Gasteiger partial charge in [-0.1, -0.05) is 0 Å². The smallest absolute Gasteiger partial charge is 0.269 e. The van der Waals surface area contributed by atoms with Gasteiger partial charge >= 0.3 is 0 Å². The van der Waals surface area contributed by atoms with E-state index in [0.29, 0.717) is 11.4 Å². The lowest BCUT2D eigenvalue weighted by Gasteiger charge is -2.15. The van der Waals surface area contributed by atoms with Crippen molar-refractivity contribution in [2.45, 2.75) is 13.0 Å². The number of hydrogen-bond acceptors (Lipinski definition) is 4. The summed E-state index contributed by atoms with van der Waals surface area (Å²) in [5.74, 6) is -0.660. The largest absolute Gasteiger partial charge is 0.374 e. The molecule has 1 atom stereocenters. The van der Waals surface area contributed by atoms with Crippen molar-refractivity contribution in [2.24, 2.45) is 0 Å². The number of nitrogens with one attached hydrogen (secondary N) is 2. The van der Waals surface area contributed by atoms with Crippen LogP contribution in [0.3, 0.4) is 0 Å². The molecule has 0 saturated heterocycles. The van der Waals surface area contributed by atoms with Gasteiger partial charge in [0.2, 0.25) is 5.91 Å². The maximum atomic E-state index is 12.8. The normalized spacial score (nSPS) is 11.5. The summed E-state index contributed by atoms with van der Waals surface area (Å²) in [7, 11) is 0. The number of benzene rings is 2. The highest BCUT2D eigenvalue weighted by Gasteiger charge is 2.13. The molecule has 1 unspecified atom stereocenters. The minimum absolute atomic E-state index is 0.0458. The highest BCUT2D eigenvalue weighted by atomic mass is 19.1. The number of carbonyl (C=O) groups is 1. The number of hydrogen-bond donors (Lipinski definition) is 2. The van der Waals surface area contributed by atoms with Crippen LogP contribution in [-0.4, -0.2) is 16.9 Å². The third-order valence-electron chi connectivity index (χ3n) is 2.97. The SMILES string of the molecule is CC(Nc1ccc(F)cc1)C(=O)Nc1ccc([N+](=O)[O-])cc1. The van der Waals surface area contributed by atoms with Gasteiger partial charge in [-0.2, -0.15) is 0 Å². The van der Waals surface area contributed by atoms with Gasteiger partial charge in [0, 0.05) is 23.5 Å². The Bertz CT molecular complexity index is 671. The number of halogens is 1. The van der Waals surface area contributed by atoms with Crippen molar-refractivity contribution in [3.8, 4) is 0 Å². The van der Waals surface area contributed by atoms with Crippen molar-refractivity contribution < 1.29 is 14.1 Å². The lowest BCUT2D eigenvalue weighted by Crippen LogP contribution is -2.31. The highest BCUT2D eigenvalue weighted by Crippen LogP contribution is 2.16. The second kappa shape index (κ2) is 6.66. The molecule has 1 amide bonds. The summed E-state index contributed by atoms with van der Waals surface area (Å²) in [4.78, 5) is 22.1. The molecule has 0 aliphatic carbocycles. The van der Waals surface area contributed by atoms with Gasteiger partial charge in [0.1, 0.15) is 11.9 Å². The fourth-order valence-corrected chi connectivity index (χ4v) is 1.78. The number of carbonyl (C=O) groups excluding carboxylic acids is 1. The van der Waals surface area contributed by atoms with E-state index in [1.165, 1.54) is 48.5 Å². The molecule has 2 N–H and O–H groups in total. The molecule has 0 heterocycles. The Balaban J connectivity index is 1.95. The number of rotatable bonds is 5. The molecule has 2 aromatic carbocycles. The summed E-state index contributed by atoms with van der Waals surface area (Å²) in [5.41, 5.74) is 1.03. The van der Waals surface area contributed by atoms with Gasteiger partial charge in [0.25, 0.3) is 5.69 Å². The molecule has 0 bridgehead atoms. The van der Waals surface area contributed by atoms with Crippen molar-refractivity contribution >= 4 is 23.0 Å². The third-order valence-corrected chi connectivity index (χ3v) is 2.97. The molecule has 22 heavy (non-hydrogen) atoms. The number of nitrogens with zero attached hydrogens (tertiary/aromatic N) is 1. The van der Waals surface area contributed by atoms with E-state index in [-0.39, 0.29) is 17.4 Å². The quantitative estimate of drug-likeness (QED) is 0.656. The minimum Gasteiger partial charge on any atom is -0.374 e. The van der Waals surface area contributed by atoms with E-state index in [4.69, 9.17) is 0 Å². The van der Waals surface area contributed by atoms with Crippen LogP contribution >= 0.6 is 0 Å². The first-order valence-electron chi connectivity index (χ1n) is 6.53. The van der Waals surface area contributed by atoms with E-state index in [2.05, 4.69) is 10.6 Å². The molecule has 0 fully saturated rings.